The van der Waals surface area contributed by atoms with E-state index in [1.165, 1.54) is 6.07 Å². The zero-order valence-electron chi connectivity index (χ0n) is 18.6. The summed E-state index contributed by atoms with van der Waals surface area (Å²) in [5.74, 6) is 0.302. The predicted molar refractivity (Wildman–Crippen MR) is 129 cm³/mol. The molecule has 34 heavy (non-hydrogen) atoms. The first kappa shape index (κ1) is 22.8. The van der Waals surface area contributed by atoms with Gasteiger partial charge in [0, 0.05) is 22.8 Å². The van der Waals surface area contributed by atoms with Crippen molar-refractivity contribution in [2.45, 2.75) is 35.3 Å². The maximum atomic E-state index is 15.1. The van der Waals surface area contributed by atoms with E-state index in [1.54, 1.807) is 44.6 Å². The number of fused-ring (bicyclic) bond motifs is 3. The number of nitrogens with zero attached hydrogens (tertiary/aromatic N) is 3. The monoisotopic (exact) mass is 489 g/mol. The van der Waals surface area contributed by atoms with Gasteiger partial charge in [0.2, 0.25) is 0 Å². The summed E-state index contributed by atoms with van der Waals surface area (Å²) in [6, 6.07) is 7.99. The first-order valence-electron chi connectivity index (χ1n) is 10.7. The summed E-state index contributed by atoms with van der Waals surface area (Å²) < 4.78 is 54.8. The van der Waals surface area contributed by atoms with Crippen LogP contribution >= 0.6 is 10.6 Å². The van der Waals surface area contributed by atoms with Crippen molar-refractivity contribution in [3.05, 3.63) is 54.1 Å². The maximum absolute atomic E-state index is 15.1. The van der Waals surface area contributed by atoms with Crippen LogP contribution in [0.3, 0.4) is 0 Å². The Labute approximate surface area is 196 Å². The fraction of sp³-hybridized carbons (Fsp3) is 0.348. The predicted octanol–water partition coefficient (Wildman–Crippen LogP) is 4.73. The van der Waals surface area contributed by atoms with Crippen molar-refractivity contribution in [1.29, 1.82) is 0 Å². The maximum Gasteiger partial charge on any atom is 0.156 e. The summed E-state index contributed by atoms with van der Waals surface area (Å²) in [5, 5.41) is 3.10. The van der Waals surface area contributed by atoms with Crippen molar-refractivity contribution in [3.63, 3.8) is 0 Å². The molecule has 2 bridgehead atoms. The summed E-state index contributed by atoms with van der Waals surface area (Å²) >= 11 is 0. The van der Waals surface area contributed by atoms with E-state index < -0.39 is 38.6 Å². The third-order valence-corrected chi connectivity index (χ3v) is 10.2. The van der Waals surface area contributed by atoms with Crippen molar-refractivity contribution in [2.75, 3.05) is 19.1 Å². The number of hydrogen-bond donors (Lipinski definition) is 4. The lowest BCUT2D eigenvalue weighted by molar-refractivity contribution is 0.368. The van der Waals surface area contributed by atoms with Crippen LogP contribution in [0.25, 0.3) is 10.9 Å². The molecule has 5 rings (SSSR count). The Morgan fingerprint density at radius 1 is 1.26 bits per heavy atom. The molecular formula is C23H25F2N5O3S. The number of anilines is 2. The van der Waals surface area contributed by atoms with Gasteiger partial charge in [-0.2, -0.15) is 10.6 Å². The van der Waals surface area contributed by atoms with E-state index in [-0.39, 0.29) is 24.2 Å². The lowest BCUT2D eigenvalue weighted by atomic mass is 9.86. The Morgan fingerprint density at radius 2 is 2.06 bits per heavy atom. The summed E-state index contributed by atoms with van der Waals surface area (Å²) in [4.78, 5) is 13.2. The number of alkyl halides is 1. The van der Waals surface area contributed by atoms with E-state index in [4.69, 9.17) is 10.5 Å². The second-order valence-corrected chi connectivity index (χ2v) is 11.4. The van der Waals surface area contributed by atoms with Gasteiger partial charge in [-0.1, -0.05) is 0 Å². The summed E-state index contributed by atoms with van der Waals surface area (Å²) in [6.07, 6.45) is 3.61. The molecule has 0 spiro atoms. The van der Waals surface area contributed by atoms with Gasteiger partial charge in [0.15, 0.2) is 5.82 Å². The highest BCUT2D eigenvalue weighted by molar-refractivity contribution is 8.26. The standard InChI is InChI=1S/C23H25F2N5O3S/c1-22(18-5-7-23(12-24,21(26)30-22)34(18,31)32)16-10-14(3-4-17(16)25)29-20-19-13(6-8-27-20)9-15(33-2)11-28-19/h3-4,6,8-11,18,31-32H,5,7,12H2,1-2H3,(H2,26,30)(H,27,29)/t18-,22+,23-/m0/s1. The lowest BCUT2D eigenvalue weighted by Gasteiger charge is -2.54. The molecule has 1 aromatic carbocycles. The van der Waals surface area contributed by atoms with Gasteiger partial charge in [-0.15, -0.1) is 0 Å². The molecule has 8 nitrogen and oxygen atoms in total. The Morgan fingerprint density at radius 3 is 2.79 bits per heavy atom. The molecule has 11 heteroatoms. The van der Waals surface area contributed by atoms with Crippen molar-refractivity contribution in [3.8, 4) is 5.75 Å². The van der Waals surface area contributed by atoms with Crippen molar-refractivity contribution >= 4 is 38.8 Å². The smallest absolute Gasteiger partial charge is 0.156 e. The normalized spacial score (nSPS) is 28.4. The fourth-order valence-electron chi connectivity index (χ4n) is 5.08. The van der Waals surface area contributed by atoms with Crippen LogP contribution in [0, 0.1) is 5.82 Å². The highest BCUT2D eigenvalue weighted by atomic mass is 32.3. The van der Waals surface area contributed by atoms with Crippen LogP contribution in [0.2, 0.25) is 0 Å². The van der Waals surface area contributed by atoms with Crippen LogP contribution in [0.4, 0.5) is 20.3 Å². The average molecular weight is 490 g/mol. The number of aromatic nitrogens is 2. The minimum Gasteiger partial charge on any atom is -0.495 e. The second-order valence-electron chi connectivity index (χ2n) is 8.82. The van der Waals surface area contributed by atoms with Crippen molar-refractivity contribution in [2.24, 2.45) is 10.7 Å². The van der Waals surface area contributed by atoms with Gasteiger partial charge in [0.1, 0.15) is 39.9 Å². The molecular weight excluding hydrogens is 464 g/mol. The van der Waals surface area contributed by atoms with Crippen LogP contribution in [-0.2, 0) is 5.54 Å². The van der Waals surface area contributed by atoms with Crippen LogP contribution < -0.4 is 15.8 Å². The van der Waals surface area contributed by atoms with Crippen LogP contribution in [0.1, 0.15) is 25.3 Å². The molecule has 0 radical (unpaired) electrons. The third-order valence-electron chi connectivity index (χ3n) is 7.03. The molecule has 180 valence electrons. The molecule has 3 aromatic rings. The zero-order valence-corrected chi connectivity index (χ0v) is 19.4. The van der Waals surface area contributed by atoms with E-state index in [2.05, 4.69) is 20.3 Å². The molecule has 0 unspecified atom stereocenters. The number of hydrogen-bond acceptors (Lipinski definition) is 8. The number of aliphatic imine (C=N–C) groups is 1. The highest BCUT2D eigenvalue weighted by Gasteiger charge is 2.65. The molecule has 1 saturated heterocycles. The summed E-state index contributed by atoms with van der Waals surface area (Å²) in [7, 11) is -1.96. The molecule has 4 heterocycles. The largest absolute Gasteiger partial charge is 0.495 e. The number of ether oxygens (including phenoxy) is 1. The van der Waals surface area contributed by atoms with Gasteiger partial charge in [-0.05, 0) is 50.1 Å². The highest BCUT2D eigenvalue weighted by Crippen LogP contribution is 2.71. The van der Waals surface area contributed by atoms with Gasteiger partial charge in [-0.3, -0.25) is 14.1 Å². The van der Waals surface area contributed by atoms with Crippen LogP contribution in [0.5, 0.6) is 5.75 Å². The first-order chi connectivity index (χ1) is 16.2. The average Bonchev–Trinajstić information content (AvgIpc) is 3.03. The molecule has 2 aliphatic rings. The molecule has 0 saturated carbocycles. The Kier molecular flexibility index (Phi) is 5.19. The fourth-order valence-corrected chi connectivity index (χ4v) is 7.82. The van der Waals surface area contributed by atoms with Gasteiger partial charge in [0.25, 0.3) is 0 Å². The minimum atomic E-state index is -3.52. The number of pyridine rings is 2. The lowest BCUT2D eigenvalue weighted by Crippen LogP contribution is -2.55. The summed E-state index contributed by atoms with van der Waals surface area (Å²) in [5.41, 5.74) is 5.94. The molecule has 0 amide bonds. The number of amidine groups is 1. The van der Waals surface area contributed by atoms with E-state index in [9.17, 15) is 13.5 Å². The SMILES string of the molecule is COc1cnc2c(Nc3ccc(F)c([C@@]4(C)N=C(N)[C@@]5(CF)CC[C@@H]4S5(O)O)c3)nccc2c1. The Balaban J connectivity index is 1.57. The van der Waals surface area contributed by atoms with E-state index in [1.807, 2.05) is 6.07 Å². The number of halogens is 2. The van der Waals surface area contributed by atoms with Gasteiger partial charge >= 0.3 is 0 Å². The van der Waals surface area contributed by atoms with E-state index in [0.717, 1.165) is 5.39 Å². The Bertz CT molecular complexity index is 1320. The molecule has 2 aromatic heterocycles. The number of rotatable bonds is 5. The molecule has 5 N–H and O–H groups in total. The number of benzene rings is 1. The van der Waals surface area contributed by atoms with Gasteiger partial charge < -0.3 is 15.8 Å². The van der Waals surface area contributed by atoms with Gasteiger partial charge in [-0.25, -0.2) is 18.7 Å². The topological polar surface area (TPSA) is 126 Å². The van der Waals surface area contributed by atoms with Crippen molar-refractivity contribution in [1.82, 2.24) is 9.97 Å². The van der Waals surface area contributed by atoms with Crippen LogP contribution in [0.15, 0.2) is 47.7 Å². The zero-order chi connectivity index (χ0) is 24.3. The quantitative estimate of drug-likeness (QED) is 0.408. The molecule has 1 fully saturated rings. The van der Waals surface area contributed by atoms with Crippen molar-refractivity contribution < 1.29 is 22.6 Å². The second kappa shape index (κ2) is 7.76. The third kappa shape index (κ3) is 3.07. The van der Waals surface area contributed by atoms with E-state index >= 15 is 4.39 Å². The minimum absolute atomic E-state index is 0.134. The van der Waals surface area contributed by atoms with E-state index in [0.29, 0.717) is 22.8 Å². The first-order valence-corrected chi connectivity index (χ1v) is 12.3. The number of methoxy groups -OCH3 is 1. The van der Waals surface area contributed by atoms with Crippen LogP contribution in [-0.4, -0.2) is 48.7 Å². The molecule has 0 aliphatic carbocycles. The molecule has 2 aliphatic heterocycles. The van der Waals surface area contributed by atoms with Gasteiger partial charge in [0.05, 0.1) is 18.6 Å². The number of nitrogens with two attached hydrogens (primary N) is 1. The number of nitrogens with one attached hydrogen (secondary N) is 1. The molecule has 3 atom stereocenters. The Hall–Kier alpha value is -3.02. The summed E-state index contributed by atoms with van der Waals surface area (Å²) in [6.45, 7) is 0.588.